The molecule has 0 unspecified atom stereocenters. The number of rotatable bonds is 13. The molecule has 1 saturated heterocycles. The van der Waals surface area contributed by atoms with E-state index >= 15 is 0 Å². The second-order valence-corrected chi connectivity index (χ2v) is 15.3. The van der Waals surface area contributed by atoms with Crippen LogP contribution in [0.2, 0.25) is 0 Å². The number of methoxy groups -OCH3 is 2. The second kappa shape index (κ2) is 15.9. The van der Waals surface area contributed by atoms with E-state index in [-0.39, 0.29) is 30.9 Å². The number of carbonyl (C=O) groups excluding carboxylic acids is 3. The van der Waals surface area contributed by atoms with Crippen LogP contribution in [0.4, 0.5) is 4.79 Å². The molecule has 3 aromatic rings. The van der Waals surface area contributed by atoms with Crippen molar-refractivity contribution >= 4 is 17.9 Å². The zero-order valence-electron chi connectivity index (χ0n) is 31.1. The van der Waals surface area contributed by atoms with E-state index in [1.165, 1.54) is 0 Å². The van der Waals surface area contributed by atoms with Crippen molar-refractivity contribution in [2.45, 2.75) is 82.9 Å². The van der Waals surface area contributed by atoms with Gasteiger partial charge in [-0.3, -0.25) is 9.59 Å². The molecule has 3 heterocycles. The molecule has 3 aliphatic rings. The molecule has 1 saturated carbocycles. The summed E-state index contributed by atoms with van der Waals surface area (Å²) in [5, 5.41) is 3.32. The van der Waals surface area contributed by atoms with Crippen LogP contribution in [0.25, 0.3) is 0 Å². The molecular weight excluding hydrogens is 660 g/mol. The van der Waals surface area contributed by atoms with Crippen molar-refractivity contribution in [2.75, 3.05) is 40.5 Å². The molecule has 2 aromatic carbocycles. The lowest BCUT2D eigenvalue weighted by Crippen LogP contribution is -2.54. The molecule has 0 bridgehead atoms. The molecule has 2 aliphatic heterocycles. The van der Waals surface area contributed by atoms with Gasteiger partial charge in [-0.2, -0.15) is 0 Å². The van der Waals surface area contributed by atoms with Crippen molar-refractivity contribution in [1.29, 1.82) is 0 Å². The van der Waals surface area contributed by atoms with E-state index < -0.39 is 28.9 Å². The van der Waals surface area contributed by atoms with Gasteiger partial charge in [0, 0.05) is 74.7 Å². The summed E-state index contributed by atoms with van der Waals surface area (Å²) in [4.78, 5) is 50.0. The fourth-order valence-corrected chi connectivity index (χ4v) is 7.58. The van der Waals surface area contributed by atoms with Crippen LogP contribution in [-0.4, -0.2) is 84.8 Å². The van der Waals surface area contributed by atoms with Crippen LogP contribution in [0.5, 0.6) is 17.4 Å². The van der Waals surface area contributed by atoms with E-state index in [1.807, 2.05) is 74.2 Å². The smallest absolute Gasteiger partial charge is 0.410 e. The SMILES string of the molecule is COCCCCC1(CNC(=O)[C@H]2C[C@@H](C(=O)N(Cc3ccnc(OC)c3)C3CC3)CN(C(=O)OC(C)(C)C)C2)c2ccccc2Oc2ccccc21. The number of carbonyl (C=O) groups is 3. The molecular formula is C41H52N4O7. The zero-order chi connectivity index (χ0) is 36.9. The number of fused-ring (bicyclic) bond motifs is 2. The number of aromatic nitrogens is 1. The summed E-state index contributed by atoms with van der Waals surface area (Å²) < 4.78 is 22.8. The Labute approximate surface area is 307 Å². The largest absolute Gasteiger partial charge is 0.481 e. The Morgan fingerprint density at radius 1 is 0.962 bits per heavy atom. The first-order valence-electron chi connectivity index (χ1n) is 18.4. The summed E-state index contributed by atoms with van der Waals surface area (Å²) in [6, 6.07) is 19.9. The van der Waals surface area contributed by atoms with Gasteiger partial charge in [0.05, 0.1) is 18.9 Å². The number of benzene rings is 2. The number of nitrogens with one attached hydrogen (secondary N) is 1. The predicted molar refractivity (Wildman–Crippen MR) is 196 cm³/mol. The lowest BCUT2D eigenvalue weighted by atomic mass is 9.69. The maximum Gasteiger partial charge on any atom is 0.410 e. The number of hydrogen-bond donors (Lipinski definition) is 1. The van der Waals surface area contributed by atoms with Crippen molar-refractivity contribution in [3.05, 3.63) is 83.6 Å². The third-order valence-electron chi connectivity index (χ3n) is 10.2. The summed E-state index contributed by atoms with van der Waals surface area (Å²) >= 11 is 0. The number of pyridine rings is 1. The van der Waals surface area contributed by atoms with Crippen molar-refractivity contribution in [3.63, 3.8) is 0 Å². The lowest BCUT2D eigenvalue weighted by molar-refractivity contribution is -0.140. The molecule has 1 N–H and O–H groups in total. The van der Waals surface area contributed by atoms with Crippen LogP contribution in [-0.2, 0) is 31.0 Å². The maximum absolute atomic E-state index is 14.4. The fraction of sp³-hybridized carbons (Fsp3) is 0.512. The van der Waals surface area contributed by atoms with E-state index in [0.717, 1.165) is 60.3 Å². The van der Waals surface area contributed by atoms with Crippen LogP contribution in [0.3, 0.4) is 0 Å². The standard InChI is InChI=1S/C41H52N4O7/c1-40(2,3)52-39(48)44-25-29(23-30(26-44)38(47)45(31-16-17-31)24-28-18-20-42-36(22-28)50-5)37(46)43-27-41(19-10-11-21-49-4)32-12-6-8-14-34(32)51-35-15-9-7-13-33(35)41/h6-9,12-15,18,20,22,29-31H,10-11,16-17,19,21,23-27H2,1-5H3,(H,43,46)/t29-,30+/m0/s1. The van der Waals surface area contributed by atoms with Gasteiger partial charge in [-0.25, -0.2) is 9.78 Å². The van der Waals surface area contributed by atoms with Crippen molar-refractivity contribution in [2.24, 2.45) is 11.8 Å². The summed E-state index contributed by atoms with van der Waals surface area (Å²) in [6.07, 6.45) is 5.82. The molecule has 52 heavy (non-hydrogen) atoms. The van der Waals surface area contributed by atoms with Gasteiger partial charge in [-0.05, 0) is 83.1 Å². The van der Waals surface area contributed by atoms with Crippen molar-refractivity contribution in [1.82, 2.24) is 20.1 Å². The van der Waals surface area contributed by atoms with Crippen molar-refractivity contribution < 1.29 is 33.3 Å². The molecule has 11 nitrogen and oxygen atoms in total. The van der Waals surface area contributed by atoms with Gasteiger partial charge in [0.1, 0.15) is 17.1 Å². The summed E-state index contributed by atoms with van der Waals surface area (Å²) in [5.41, 5.74) is 1.66. The molecule has 2 fully saturated rings. The lowest BCUT2D eigenvalue weighted by Gasteiger charge is -2.42. The number of likely N-dealkylation sites (tertiary alicyclic amines) is 1. The van der Waals surface area contributed by atoms with E-state index in [1.54, 1.807) is 25.3 Å². The van der Waals surface area contributed by atoms with Crippen LogP contribution in [0.15, 0.2) is 66.9 Å². The molecule has 0 spiro atoms. The highest BCUT2D eigenvalue weighted by Crippen LogP contribution is 2.50. The number of ether oxygens (including phenoxy) is 4. The number of nitrogens with zero attached hydrogens (tertiary/aromatic N) is 3. The third kappa shape index (κ3) is 8.52. The van der Waals surface area contributed by atoms with E-state index in [0.29, 0.717) is 32.0 Å². The monoisotopic (exact) mass is 712 g/mol. The van der Waals surface area contributed by atoms with Gasteiger partial charge in [0.2, 0.25) is 17.7 Å². The topological polar surface area (TPSA) is 120 Å². The highest BCUT2D eigenvalue weighted by molar-refractivity contribution is 5.85. The molecule has 3 amide bonds. The Morgan fingerprint density at radius 2 is 1.63 bits per heavy atom. The quantitative estimate of drug-likeness (QED) is 0.200. The maximum atomic E-state index is 14.4. The second-order valence-electron chi connectivity index (χ2n) is 15.3. The summed E-state index contributed by atoms with van der Waals surface area (Å²) in [7, 11) is 3.27. The van der Waals surface area contributed by atoms with E-state index in [9.17, 15) is 14.4 Å². The summed E-state index contributed by atoms with van der Waals surface area (Å²) in [6.45, 7) is 7.16. The first-order chi connectivity index (χ1) is 25.0. The predicted octanol–water partition coefficient (Wildman–Crippen LogP) is 6.48. The average Bonchev–Trinajstić information content (AvgIpc) is 3.99. The number of amides is 3. The molecule has 0 radical (unpaired) electrons. The average molecular weight is 713 g/mol. The number of unbranched alkanes of at least 4 members (excludes halogenated alkanes) is 1. The van der Waals surface area contributed by atoms with Crippen LogP contribution >= 0.6 is 0 Å². The van der Waals surface area contributed by atoms with Crippen LogP contribution in [0, 0.1) is 11.8 Å². The highest BCUT2D eigenvalue weighted by atomic mass is 16.6. The van der Waals surface area contributed by atoms with Crippen molar-refractivity contribution in [3.8, 4) is 17.4 Å². The highest BCUT2D eigenvalue weighted by Gasteiger charge is 2.45. The Bertz CT molecular complexity index is 1690. The van der Waals surface area contributed by atoms with E-state index in [4.69, 9.17) is 18.9 Å². The van der Waals surface area contributed by atoms with Gasteiger partial charge >= 0.3 is 6.09 Å². The minimum atomic E-state index is -0.731. The van der Waals surface area contributed by atoms with Gasteiger partial charge in [0.15, 0.2) is 0 Å². The van der Waals surface area contributed by atoms with Gasteiger partial charge in [0.25, 0.3) is 0 Å². The number of piperidine rings is 1. The van der Waals surface area contributed by atoms with Crippen LogP contribution in [0.1, 0.15) is 76.0 Å². The van der Waals surface area contributed by atoms with Gasteiger partial charge in [-0.15, -0.1) is 0 Å². The van der Waals surface area contributed by atoms with E-state index in [2.05, 4.69) is 22.4 Å². The Hall–Kier alpha value is -4.64. The minimum absolute atomic E-state index is 0.0637. The third-order valence-corrected chi connectivity index (χ3v) is 10.2. The molecule has 1 aromatic heterocycles. The molecule has 1 aliphatic carbocycles. The fourth-order valence-electron chi connectivity index (χ4n) is 7.58. The van der Waals surface area contributed by atoms with Gasteiger partial charge < -0.3 is 34.1 Å². The first kappa shape index (κ1) is 37.1. The number of hydrogen-bond acceptors (Lipinski definition) is 8. The Balaban J connectivity index is 1.26. The normalized spacial score (nSPS) is 19.1. The first-order valence-corrected chi connectivity index (χ1v) is 18.4. The molecule has 11 heteroatoms. The number of para-hydroxylation sites is 2. The molecule has 2 atom stereocenters. The summed E-state index contributed by atoms with van der Waals surface area (Å²) in [5.74, 6) is 0.577. The van der Waals surface area contributed by atoms with Crippen LogP contribution < -0.4 is 14.8 Å². The Morgan fingerprint density at radius 3 is 2.27 bits per heavy atom. The Kier molecular flexibility index (Phi) is 11.4. The van der Waals surface area contributed by atoms with Gasteiger partial charge in [-0.1, -0.05) is 36.4 Å². The molecule has 6 rings (SSSR count). The zero-order valence-corrected chi connectivity index (χ0v) is 31.1. The molecule has 278 valence electrons. The minimum Gasteiger partial charge on any atom is -0.481 e.